The molecule has 2 aromatic rings. The molecule has 1 atom stereocenters. The van der Waals surface area contributed by atoms with Gasteiger partial charge in [0, 0.05) is 31.2 Å². The molecule has 138 valence electrons. The van der Waals surface area contributed by atoms with Crippen LogP contribution in [0.15, 0.2) is 54.6 Å². The van der Waals surface area contributed by atoms with Gasteiger partial charge in [-0.3, -0.25) is 9.69 Å². The van der Waals surface area contributed by atoms with E-state index in [1.807, 2.05) is 18.2 Å². The largest absolute Gasteiger partial charge is 0.497 e. The standard InChI is InChI=1S/C21H26N2O3/c1-25-20-9-5-8-18(15-20)21(24)22-16-19(23-10-12-26-13-11-23)14-17-6-3-2-4-7-17/h2-9,15,19H,10-14,16H2,1H3,(H,22,24). The Morgan fingerprint density at radius 1 is 1.15 bits per heavy atom. The molecule has 0 aliphatic carbocycles. The number of ether oxygens (including phenoxy) is 2. The van der Waals surface area contributed by atoms with Gasteiger partial charge in [0.05, 0.1) is 20.3 Å². The Balaban J connectivity index is 1.65. The molecule has 5 heteroatoms. The van der Waals surface area contributed by atoms with Crippen molar-refractivity contribution >= 4 is 5.91 Å². The molecule has 1 N–H and O–H groups in total. The molecule has 1 heterocycles. The van der Waals surface area contributed by atoms with Crippen molar-refractivity contribution in [3.63, 3.8) is 0 Å². The second kappa shape index (κ2) is 9.36. The number of nitrogens with one attached hydrogen (secondary N) is 1. The van der Waals surface area contributed by atoms with Crippen molar-refractivity contribution < 1.29 is 14.3 Å². The molecule has 1 amide bonds. The molecule has 1 fully saturated rings. The number of benzene rings is 2. The number of morpholine rings is 1. The Hall–Kier alpha value is -2.37. The smallest absolute Gasteiger partial charge is 0.251 e. The Bertz CT molecular complexity index is 699. The summed E-state index contributed by atoms with van der Waals surface area (Å²) in [5, 5.41) is 3.09. The quantitative estimate of drug-likeness (QED) is 0.829. The van der Waals surface area contributed by atoms with Crippen molar-refractivity contribution in [3.05, 3.63) is 65.7 Å². The lowest BCUT2D eigenvalue weighted by atomic mass is 10.0. The molecule has 0 spiro atoms. The Labute approximate surface area is 154 Å². The fourth-order valence-electron chi connectivity index (χ4n) is 3.24. The van der Waals surface area contributed by atoms with Crippen LogP contribution in [-0.2, 0) is 11.2 Å². The zero-order chi connectivity index (χ0) is 18.2. The second-order valence-electron chi connectivity index (χ2n) is 6.43. The molecule has 5 nitrogen and oxygen atoms in total. The molecular formula is C21H26N2O3. The first-order chi connectivity index (χ1) is 12.8. The summed E-state index contributed by atoms with van der Waals surface area (Å²) in [5.41, 5.74) is 1.89. The molecule has 0 aromatic heterocycles. The minimum Gasteiger partial charge on any atom is -0.497 e. The van der Waals surface area contributed by atoms with E-state index in [4.69, 9.17) is 9.47 Å². The van der Waals surface area contributed by atoms with Crippen LogP contribution in [0.3, 0.4) is 0 Å². The van der Waals surface area contributed by atoms with Gasteiger partial charge >= 0.3 is 0 Å². The molecule has 3 rings (SSSR count). The molecule has 0 radical (unpaired) electrons. The van der Waals surface area contributed by atoms with Gasteiger partial charge in [-0.1, -0.05) is 36.4 Å². The van der Waals surface area contributed by atoms with E-state index in [-0.39, 0.29) is 11.9 Å². The monoisotopic (exact) mass is 354 g/mol. The van der Waals surface area contributed by atoms with Crippen molar-refractivity contribution in [2.24, 2.45) is 0 Å². The summed E-state index contributed by atoms with van der Waals surface area (Å²) >= 11 is 0. The van der Waals surface area contributed by atoms with Gasteiger partial charge in [0.15, 0.2) is 0 Å². The lowest BCUT2D eigenvalue weighted by Crippen LogP contribution is -2.49. The maximum atomic E-state index is 12.5. The molecule has 0 bridgehead atoms. The zero-order valence-electron chi connectivity index (χ0n) is 15.2. The average Bonchev–Trinajstić information content (AvgIpc) is 2.72. The number of nitrogens with zero attached hydrogens (tertiary/aromatic N) is 1. The van der Waals surface area contributed by atoms with Crippen molar-refractivity contribution in [2.45, 2.75) is 12.5 Å². The number of carbonyl (C=O) groups is 1. The maximum Gasteiger partial charge on any atom is 0.251 e. The molecule has 1 unspecified atom stereocenters. The summed E-state index contributed by atoms with van der Waals surface area (Å²) in [6.07, 6.45) is 0.902. The van der Waals surface area contributed by atoms with E-state index in [0.29, 0.717) is 17.9 Å². The van der Waals surface area contributed by atoms with Crippen LogP contribution in [0.4, 0.5) is 0 Å². The third-order valence-electron chi connectivity index (χ3n) is 4.71. The van der Waals surface area contributed by atoms with Gasteiger partial charge in [-0.25, -0.2) is 0 Å². The zero-order valence-corrected chi connectivity index (χ0v) is 15.2. The SMILES string of the molecule is COc1cccc(C(=O)NCC(Cc2ccccc2)N2CCOCC2)c1. The lowest BCUT2D eigenvalue weighted by molar-refractivity contribution is 0.0167. The highest BCUT2D eigenvalue weighted by atomic mass is 16.5. The van der Waals surface area contributed by atoms with Gasteiger partial charge in [-0.15, -0.1) is 0 Å². The number of methoxy groups -OCH3 is 1. The molecule has 1 saturated heterocycles. The average molecular weight is 354 g/mol. The van der Waals surface area contributed by atoms with Crippen LogP contribution in [0.25, 0.3) is 0 Å². The third-order valence-corrected chi connectivity index (χ3v) is 4.71. The molecule has 1 aliphatic heterocycles. The second-order valence-corrected chi connectivity index (χ2v) is 6.43. The Kier molecular flexibility index (Phi) is 6.63. The number of carbonyl (C=O) groups excluding carboxylic acids is 1. The molecule has 26 heavy (non-hydrogen) atoms. The fourth-order valence-corrected chi connectivity index (χ4v) is 3.24. The van der Waals surface area contributed by atoms with Crippen LogP contribution in [0.1, 0.15) is 15.9 Å². The van der Waals surface area contributed by atoms with E-state index in [1.165, 1.54) is 5.56 Å². The van der Waals surface area contributed by atoms with E-state index in [1.54, 1.807) is 19.2 Å². The van der Waals surface area contributed by atoms with Crippen molar-refractivity contribution in [1.82, 2.24) is 10.2 Å². The number of rotatable bonds is 7. The van der Waals surface area contributed by atoms with Crippen LogP contribution in [-0.4, -0.2) is 56.8 Å². The summed E-state index contributed by atoms with van der Waals surface area (Å²) < 4.78 is 10.7. The van der Waals surface area contributed by atoms with Crippen LogP contribution >= 0.6 is 0 Å². The van der Waals surface area contributed by atoms with Gasteiger partial charge in [0.25, 0.3) is 5.91 Å². The summed E-state index contributed by atoms with van der Waals surface area (Å²) in [4.78, 5) is 14.9. The van der Waals surface area contributed by atoms with Crippen molar-refractivity contribution in [3.8, 4) is 5.75 Å². The Morgan fingerprint density at radius 3 is 2.65 bits per heavy atom. The molecule has 0 saturated carbocycles. The summed E-state index contributed by atoms with van der Waals surface area (Å²) in [7, 11) is 1.60. The van der Waals surface area contributed by atoms with E-state index < -0.39 is 0 Å². The van der Waals surface area contributed by atoms with Gasteiger partial charge < -0.3 is 14.8 Å². The molecule has 1 aliphatic rings. The number of amides is 1. The fraction of sp³-hybridized carbons (Fsp3) is 0.381. The number of hydrogen-bond donors (Lipinski definition) is 1. The summed E-state index contributed by atoms with van der Waals surface area (Å²) in [6.45, 7) is 3.88. The first-order valence-electron chi connectivity index (χ1n) is 9.04. The first-order valence-corrected chi connectivity index (χ1v) is 9.04. The summed E-state index contributed by atoms with van der Waals surface area (Å²) in [5.74, 6) is 0.613. The van der Waals surface area contributed by atoms with Gasteiger partial charge in [-0.05, 0) is 30.2 Å². The molecular weight excluding hydrogens is 328 g/mol. The lowest BCUT2D eigenvalue weighted by Gasteiger charge is -2.34. The highest BCUT2D eigenvalue weighted by Crippen LogP contribution is 2.14. The van der Waals surface area contributed by atoms with Crippen molar-refractivity contribution in [1.29, 1.82) is 0 Å². The predicted octanol–water partition coefficient (Wildman–Crippen LogP) is 2.37. The Morgan fingerprint density at radius 2 is 1.92 bits per heavy atom. The van der Waals surface area contributed by atoms with E-state index in [9.17, 15) is 4.79 Å². The molecule has 2 aromatic carbocycles. The topological polar surface area (TPSA) is 50.8 Å². The number of hydrogen-bond acceptors (Lipinski definition) is 4. The van der Waals surface area contributed by atoms with Crippen LogP contribution in [0, 0.1) is 0 Å². The minimum atomic E-state index is -0.0739. The maximum absolute atomic E-state index is 12.5. The van der Waals surface area contributed by atoms with Gasteiger partial charge in [-0.2, -0.15) is 0 Å². The van der Waals surface area contributed by atoms with E-state index in [2.05, 4.69) is 34.5 Å². The predicted molar refractivity (Wildman–Crippen MR) is 102 cm³/mol. The third kappa shape index (κ3) is 5.07. The minimum absolute atomic E-state index is 0.0739. The van der Waals surface area contributed by atoms with Crippen LogP contribution in [0.5, 0.6) is 5.75 Å². The summed E-state index contributed by atoms with van der Waals surface area (Å²) in [6, 6.07) is 17.9. The highest BCUT2D eigenvalue weighted by Gasteiger charge is 2.22. The normalized spacial score (nSPS) is 16.0. The van der Waals surface area contributed by atoms with Crippen LogP contribution < -0.4 is 10.1 Å². The van der Waals surface area contributed by atoms with Gasteiger partial charge in [0.2, 0.25) is 0 Å². The van der Waals surface area contributed by atoms with Gasteiger partial charge in [0.1, 0.15) is 5.75 Å². The van der Waals surface area contributed by atoms with E-state index >= 15 is 0 Å². The van der Waals surface area contributed by atoms with Crippen LogP contribution in [0.2, 0.25) is 0 Å². The van der Waals surface area contributed by atoms with Crippen molar-refractivity contribution in [2.75, 3.05) is 40.0 Å². The highest BCUT2D eigenvalue weighted by molar-refractivity contribution is 5.94. The van der Waals surface area contributed by atoms with E-state index in [0.717, 1.165) is 32.7 Å². The first kappa shape index (κ1) is 18.4.